The van der Waals surface area contributed by atoms with Crippen molar-refractivity contribution < 1.29 is 35.7 Å². The van der Waals surface area contributed by atoms with Crippen LogP contribution in [-0.4, -0.2) is 42.5 Å². The third-order valence-corrected chi connectivity index (χ3v) is 15.3. The van der Waals surface area contributed by atoms with Gasteiger partial charge in [-0.25, -0.2) is 0 Å². The van der Waals surface area contributed by atoms with Crippen LogP contribution in [0, 0.1) is 0 Å². The summed E-state index contributed by atoms with van der Waals surface area (Å²) in [5, 5.41) is 3.59. The Bertz CT molecular complexity index is 2870. The Kier molecular flexibility index (Phi) is 11.7. The van der Waals surface area contributed by atoms with Gasteiger partial charge in [0.1, 0.15) is 39.7 Å². The minimum absolute atomic E-state index is 0.0793. The Morgan fingerprint density at radius 3 is 1.38 bits per heavy atom. The van der Waals surface area contributed by atoms with E-state index in [1.165, 1.54) is 11.1 Å². The maximum absolute atomic E-state index is 7.31. The van der Waals surface area contributed by atoms with Crippen LogP contribution in [0.1, 0.15) is 109 Å². The summed E-state index contributed by atoms with van der Waals surface area (Å²) in [4.78, 5) is 0. The Morgan fingerprint density at radius 1 is 0.492 bits per heavy atom. The molecule has 0 aliphatic heterocycles. The van der Waals surface area contributed by atoms with Crippen LogP contribution in [0.2, 0.25) is 0 Å². The first-order chi connectivity index (χ1) is 29.8. The smallest absolute Gasteiger partial charge is 0.310 e. The first-order valence-corrected chi connectivity index (χ1v) is 23.7. The fourth-order valence-corrected chi connectivity index (χ4v) is 11.7. The van der Waals surface area contributed by atoms with Gasteiger partial charge in [-0.1, -0.05) is 105 Å². The summed E-state index contributed by atoms with van der Waals surface area (Å²) in [5.74, 6) is 2.81. The van der Waals surface area contributed by atoms with E-state index in [4.69, 9.17) is 35.7 Å². The molecular formula is C51H62N2O8P2. The van der Waals surface area contributed by atoms with Crippen LogP contribution < -0.4 is 28.3 Å². The van der Waals surface area contributed by atoms with Crippen molar-refractivity contribution in [2.75, 3.05) is 51.9 Å². The molecule has 0 saturated heterocycles. The molecule has 0 saturated carbocycles. The zero-order chi connectivity index (χ0) is 45.3. The van der Waals surface area contributed by atoms with Gasteiger partial charge in [0, 0.05) is 71.2 Å². The SMILES string of the molecule is COc1cc(OC)c2c(c1)op(N(C)[C@H]1CC(N(C)p3oc4c(C(C)(C)C)cc(OC)cc4c4cc(OC)cc(C(C)(C)C)c4o3)c3ccccc31)oc1c(C(C)(C)C)cccc12. The highest BCUT2D eigenvalue weighted by molar-refractivity contribution is 7.39. The first-order valence-electron chi connectivity index (χ1n) is 21.5. The van der Waals surface area contributed by atoms with Gasteiger partial charge in [-0.15, -0.1) is 0 Å². The Balaban J connectivity index is 1.35. The molecule has 10 nitrogen and oxygen atoms in total. The molecule has 5 aromatic carbocycles. The molecule has 2 aromatic heterocycles. The zero-order valence-corrected chi connectivity index (χ0v) is 41.2. The van der Waals surface area contributed by atoms with Gasteiger partial charge in [0.15, 0.2) is 5.58 Å². The maximum Gasteiger partial charge on any atom is 0.310 e. The lowest BCUT2D eigenvalue weighted by Crippen LogP contribution is -2.22. The van der Waals surface area contributed by atoms with Gasteiger partial charge < -0.3 is 35.7 Å². The van der Waals surface area contributed by atoms with Crippen LogP contribution in [0.25, 0.3) is 43.9 Å². The van der Waals surface area contributed by atoms with Crippen molar-refractivity contribution >= 4 is 60.2 Å². The van der Waals surface area contributed by atoms with Gasteiger partial charge in [0.05, 0.1) is 33.8 Å². The molecule has 0 fully saturated rings. The highest BCUT2D eigenvalue weighted by Gasteiger charge is 2.40. The summed E-state index contributed by atoms with van der Waals surface area (Å²) < 4.78 is 57.0. The van der Waals surface area contributed by atoms with Crippen LogP contribution in [0.15, 0.2) is 95.6 Å². The highest BCUT2D eigenvalue weighted by Crippen LogP contribution is 2.54. The van der Waals surface area contributed by atoms with E-state index in [1.807, 2.05) is 12.1 Å². The average Bonchev–Trinajstić information content (AvgIpc) is 3.43. The van der Waals surface area contributed by atoms with E-state index in [0.29, 0.717) is 17.1 Å². The summed E-state index contributed by atoms with van der Waals surface area (Å²) in [5.41, 5.74) is 7.82. The molecule has 1 aliphatic rings. The van der Waals surface area contributed by atoms with Gasteiger partial charge >= 0.3 is 16.3 Å². The van der Waals surface area contributed by atoms with E-state index < -0.39 is 16.3 Å². The molecule has 7 aromatic rings. The van der Waals surface area contributed by atoms with Gasteiger partial charge in [0.25, 0.3) is 0 Å². The molecular weight excluding hydrogens is 831 g/mol. The molecule has 63 heavy (non-hydrogen) atoms. The molecule has 2 heterocycles. The van der Waals surface area contributed by atoms with Gasteiger partial charge in [-0.05, 0) is 58.1 Å². The Hall–Kier alpha value is -4.98. The fourth-order valence-electron chi connectivity index (χ4n) is 8.89. The van der Waals surface area contributed by atoms with Crippen molar-refractivity contribution in [3.8, 4) is 23.0 Å². The quantitative estimate of drug-likeness (QED) is 0.147. The summed E-state index contributed by atoms with van der Waals surface area (Å²) in [6, 6.07) is 27.0. The van der Waals surface area contributed by atoms with Crippen LogP contribution in [0.3, 0.4) is 0 Å². The third-order valence-electron chi connectivity index (χ3n) is 12.4. The summed E-state index contributed by atoms with van der Waals surface area (Å²) in [6.45, 7) is 19.9. The van der Waals surface area contributed by atoms with E-state index in [0.717, 1.165) is 72.9 Å². The number of para-hydroxylation sites is 1. The second kappa shape index (κ2) is 16.5. The van der Waals surface area contributed by atoms with Crippen molar-refractivity contribution in [1.29, 1.82) is 0 Å². The van der Waals surface area contributed by atoms with Crippen molar-refractivity contribution in [3.63, 3.8) is 0 Å². The molecule has 0 bridgehead atoms. The van der Waals surface area contributed by atoms with Crippen LogP contribution in [0.4, 0.5) is 0 Å². The lowest BCUT2D eigenvalue weighted by atomic mass is 9.84. The second-order valence-corrected chi connectivity index (χ2v) is 22.6. The summed E-state index contributed by atoms with van der Waals surface area (Å²) >= 11 is 0. The number of hydrogen-bond donors (Lipinski definition) is 0. The molecule has 3 atom stereocenters. The van der Waals surface area contributed by atoms with E-state index in [1.54, 1.807) is 28.4 Å². The largest absolute Gasteiger partial charge is 0.497 e. The Morgan fingerprint density at radius 2 is 0.937 bits per heavy atom. The Labute approximate surface area is 373 Å². The topological polar surface area (TPSA) is 96.0 Å². The lowest BCUT2D eigenvalue weighted by Gasteiger charge is -2.25. The van der Waals surface area contributed by atoms with Crippen LogP contribution in [0.5, 0.6) is 23.0 Å². The highest BCUT2D eigenvalue weighted by atomic mass is 31.1. The monoisotopic (exact) mass is 892 g/mol. The molecule has 0 radical (unpaired) electrons. The van der Waals surface area contributed by atoms with Gasteiger partial charge in [-0.3, -0.25) is 0 Å². The predicted octanol–water partition coefficient (Wildman–Crippen LogP) is 14.8. The van der Waals surface area contributed by atoms with Gasteiger partial charge in [0.2, 0.25) is 0 Å². The minimum Gasteiger partial charge on any atom is -0.497 e. The first kappa shape index (κ1) is 44.6. The number of fused-ring (bicyclic) bond motifs is 7. The molecule has 12 heteroatoms. The second-order valence-electron chi connectivity index (χ2n) is 19.6. The summed E-state index contributed by atoms with van der Waals surface area (Å²) in [7, 11) is 7.55. The molecule has 2 unspecified atom stereocenters. The van der Waals surface area contributed by atoms with Crippen molar-refractivity contribution in [2.45, 2.75) is 97.1 Å². The number of ether oxygens (including phenoxy) is 4. The van der Waals surface area contributed by atoms with Crippen molar-refractivity contribution in [3.05, 3.63) is 107 Å². The molecule has 0 spiro atoms. The number of methoxy groups -OCH3 is 4. The standard InChI is InChI=1S/C51H62N2O8P2/c1-49(2,3)38-22-18-21-35-45-43(57-15)27-32(56-14)28-44(45)58-62(59-46(35)38)52(10)41-29-42(34-20-17-16-19-33(34)41)53(11)63-60-47-36(23-30(54-12)25-39(47)50(4,5)6)37-24-31(55-13)26-40(48(37)61-63)51(7,8)9/h16-28,41-42H,29H2,1-15H3/t41-,42?,62?/m0/s1. The van der Waals surface area contributed by atoms with E-state index in [2.05, 4.69) is 152 Å². The fraction of sp³-hybridized carbons (Fsp3) is 0.412. The maximum atomic E-state index is 7.31. The number of hydrogen-bond acceptors (Lipinski definition) is 10. The molecule has 1 aliphatic carbocycles. The molecule has 0 amide bonds. The number of rotatable bonds is 8. The number of nitrogens with zero attached hydrogens (tertiary/aromatic N) is 2. The summed E-state index contributed by atoms with van der Waals surface area (Å²) in [6.07, 6.45) is 0.731. The van der Waals surface area contributed by atoms with E-state index in [9.17, 15) is 0 Å². The van der Waals surface area contributed by atoms with Crippen LogP contribution >= 0.6 is 16.3 Å². The third kappa shape index (κ3) is 8.10. The van der Waals surface area contributed by atoms with Crippen molar-refractivity contribution in [1.82, 2.24) is 0 Å². The number of benzene rings is 5. The van der Waals surface area contributed by atoms with E-state index >= 15 is 0 Å². The average molecular weight is 893 g/mol. The minimum atomic E-state index is -1.73. The van der Waals surface area contributed by atoms with Crippen molar-refractivity contribution in [2.24, 2.45) is 0 Å². The van der Waals surface area contributed by atoms with E-state index in [-0.39, 0.29) is 28.3 Å². The molecule has 334 valence electrons. The molecule has 8 rings (SSSR count). The lowest BCUT2D eigenvalue weighted by molar-refractivity contribution is 0.397. The molecule has 0 N–H and O–H groups in total. The zero-order valence-electron chi connectivity index (χ0n) is 39.4. The normalized spacial score (nSPS) is 16.0. The predicted molar refractivity (Wildman–Crippen MR) is 260 cm³/mol. The van der Waals surface area contributed by atoms with Crippen LogP contribution in [-0.2, 0) is 16.2 Å². The van der Waals surface area contributed by atoms with Gasteiger partial charge in [-0.2, -0.15) is 9.34 Å².